The highest BCUT2D eigenvalue weighted by molar-refractivity contribution is 7.99. The number of benzene rings is 1. The molecule has 0 atom stereocenters. The van der Waals surface area contributed by atoms with Gasteiger partial charge in [0.25, 0.3) is 5.69 Å². The summed E-state index contributed by atoms with van der Waals surface area (Å²) in [5, 5.41) is 11.2. The van der Waals surface area contributed by atoms with Gasteiger partial charge in [-0.2, -0.15) is 4.98 Å². The Bertz CT molecular complexity index is 603. The molecule has 1 heterocycles. The van der Waals surface area contributed by atoms with E-state index >= 15 is 0 Å². The maximum absolute atomic E-state index is 10.5. The third-order valence-electron chi connectivity index (χ3n) is 2.18. The van der Waals surface area contributed by atoms with Crippen LogP contribution in [0.5, 0.6) is 5.88 Å². The average Bonchev–Trinajstić information content (AvgIpc) is 2.38. The van der Waals surface area contributed by atoms with E-state index in [0.29, 0.717) is 10.9 Å². The number of hydrogen-bond acceptors (Lipinski definition) is 7. The summed E-state index contributed by atoms with van der Waals surface area (Å²) in [6, 6.07) is 7.80. The van der Waals surface area contributed by atoms with Gasteiger partial charge in [0.1, 0.15) is 5.03 Å². The maximum atomic E-state index is 10.5. The van der Waals surface area contributed by atoms with E-state index in [-0.39, 0.29) is 11.6 Å². The minimum Gasteiger partial charge on any atom is -0.481 e. The molecule has 0 spiro atoms. The zero-order chi connectivity index (χ0) is 13.8. The molecule has 0 aliphatic rings. The fourth-order valence-corrected chi connectivity index (χ4v) is 2.15. The molecule has 2 rings (SSSR count). The van der Waals surface area contributed by atoms with Crippen molar-refractivity contribution in [1.29, 1.82) is 0 Å². The zero-order valence-corrected chi connectivity index (χ0v) is 10.8. The van der Waals surface area contributed by atoms with E-state index < -0.39 is 4.92 Å². The molecule has 8 heteroatoms. The molecule has 0 saturated heterocycles. The molecule has 0 saturated carbocycles. The second-order valence-corrected chi connectivity index (χ2v) is 4.55. The molecular formula is C11H10N4O3S. The summed E-state index contributed by atoms with van der Waals surface area (Å²) in [5.74, 6) is 0.487. The first kappa shape index (κ1) is 13.1. The predicted octanol–water partition coefficient (Wildman–Crippen LogP) is 2.13. The maximum Gasteiger partial charge on any atom is 0.269 e. The molecule has 2 N–H and O–H groups in total. The normalized spacial score (nSPS) is 10.2. The number of non-ortho nitro benzene ring substituents is 1. The van der Waals surface area contributed by atoms with Crippen molar-refractivity contribution in [3.8, 4) is 5.88 Å². The molecule has 0 bridgehead atoms. The summed E-state index contributed by atoms with van der Waals surface area (Å²) in [7, 11) is 1.49. The van der Waals surface area contributed by atoms with Crippen LogP contribution >= 0.6 is 11.8 Å². The Kier molecular flexibility index (Phi) is 3.81. The lowest BCUT2D eigenvalue weighted by atomic mass is 10.3. The number of ether oxygens (including phenoxy) is 1. The molecule has 0 fully saturated rings. The van der Waals surface area contributed by atoms with E-state index in [4.69, 9.17) is 10.5 Å². The lowest BCUT2D eigenvalue weighted by Gasteiger charge is -2.04. The van der Waals surface area contributed by atoms with Gasteiger partial charge >= 0.3 is 0 Å². The predicted molar refractivity (Wildman–Crippen MR) is 70.2 cm³/mol. The molecule has 1 aromatic heterocycles. The molecule has 1 aromatic carbocycles. The number of nitro groups is 1. The third-order valence-corrected chi connectivity index (χ3v) is 3.10. The smallest absolute Gasteiger partial charge is 0.269 e. The van der Waals surface area contributed by atoms with Crippen LogP contribution in [0.4, 0.5) is 11.6 Å². The quantitative estimate of drug-likeness (QED) is 0.519. The van der Waals surface area contributed by atoms with Crippen LogP contribution in [0.25, 0.3) is 0 Å². The Morgan fingerprint density at radius 3 is 2.58 bits per heavy atom. The molecule has 2 aromatic rings. The fourth-order valence-electron chi connectivity index (χ4n) is 1.33. The van der Waals surface area contributed by atoms with Crippen molar-refractivity contribution in [1.82, 2.24) is 9.97 Å². The SMILES string of the molecule is COc1cc(Sc2ccc([N+](=O)[O-])cc2)nc(N)n1. The van der Waals surface area contributed by atoms with Gasteiger partial charge < -0.3 is 10.5 Å². The van der Waals surface area contributed by atoms with E-state index in [1.54, 1.807) is 18.2 Å². The van der Waals surface area contributed by atoms with Gasteiger partial charge in [0.05, 0.1) is 12.0 Å². The minimum absolute atomic E-state index is 0.0455. The number of nitro benzene ring substituents is 1. The van der Waals surface area contributed by atoms with Crippen molar-refractivity contribution in [2.24, 2.45) is 0 Å². The summed E-state index contributed by atoms with van der Waals surface area (Å²) in [4.78, 5) is 18.8. The molecule has 0 radical (unpaired) electrons. The van der Waals surface area contributed by atoms with Crippen LogP contribution in [0, 0.1) is 10.1 Å². The largest absolute Gasteiger partial charge is 0.481 e. The second kappa shape index (κ2) is 5.53. The molecule has 19 heavy (non-hydrogen) atoms. The van der Waals surface area contributed by atoms with Crippen LogP contribution < -0.4 is 10.5 Å². The number of anilines is 1. The first-order chi connectivity index (χ1) is 9.08. The minimum atomic E-state index is -0.444. The molecule has 0 amide bonds. The fraction of sp³-hybridized carbons (Fsp3) is 0.0909. The van der Waals surface area contributed by atoms with E-state index in [1.807, 2.05) is 0 Å². The topological polar surface area (TPSA) is 104 Å². The monoisotopic (exact) mass is 278 g/mol. The van der Waals surface area contributed by atoms with Crippen LogP contribution in [-0.4, -0.2) is 22.0 Å². The number of nitrogens with zero attached hydrogens (tertiary/aromatic N) is 3. The van der Waals surface area contributed by atoms with Gasteiger partial charge in [0.2, 0.25) is 11.8 Å². The van der Waals surface area contributed by atoms with E-state index in [0.717, 1.165) is 4.90 Å². The number of aromatic nitrogens is 2. The van der Waals surface area contributed by atoms with Gasteiger partial charge in [-0.3, -0.25) is 10.1 Å². The highest BCUT2D eigenvalue weighted by Crippen LogP contribution is 2.29. The van der Waals surface area contributed by atoms with Crippen molar-refractivity contribution in [2.45, 2.75) is 9.92 Å². The molecule has 7 nitrogen and oxygen atoms in total. The van der Waals surface area contributed by atoms with Crippen LogP contribution in [0.1, 0.15) is 0 Å². The Morgan fingerprint density at radius 2 is 2.00 bits per heavy atom. The van der Waals surface area contributed by atoms with Gasteiger partial charge in [0, 0.05) is 23.1 Å². The molecule has 0 aliphatic heterocycles. The molecule has 0 aliphatic carbocycles. The lowest BCUT2D eigenvalue weighted by molar-refractivity contribution is -0.384. The number of rotatable bonds is 4. The van der Waals surface area contributed by atoms with Gasteiger partial charge in [-0.05, 0) is 12.1 Å². The molecule has 0 unspecified atom stereocenters. The number of nitrogens with two attached hydrogens (primary N) is 1. The summed E-state index contributed by atoms with van der Waals surface area (Å²) in [6.07, 6.45) is 0. The van der Waals surface area contributed by atoms with E-state index in [9.17, 15) is 10.1 Å². The van der Waals surface area contributed by atoms with Gasteiger partial charge in [-0.1, -0.05) is 11.8 Å². The summed E-state index contributed by atoms with van der Waals surface area (Å²) in [5.41, 5.74) is 5.59. The van der Waals surface area contributed by atoms with Crippen molar-refractivity contribution in [2.75, 3.05) is 12.8 Å². The number of hydrogen-bond donors (Lipinski definition) is 1. The Morgan fingerprint density at radius 1 is 1.32 bits per heavy atom. The van der Waals surface area contributed by atoms with Crippen molar-refractivity contribution >= 4 is 23.4 Å². The van der Waals surface area contributed by atoms with Crippen LogP contribution in [0.15, 0.2) is 40.3 Å². The van der Waals surface area contributed by atoms with Crippen molar-refractivity contribution < 1.29 is 9.66 Å². The lowest BCUT2D eigenvalue weighted by Crippen LogP contribution is -1.98. The summed E-state index contributed by atoms with van der Waals surface area (Å²) in [6.45, 7) is 0. The van der Waals surface area contributed by atoms with Crippen LogP contribution in [-0.2, 0) is 0 Å². The van der Waals surface area contributed by atoms with E-state index in [1.165, 1.54) is 31.0 Å². The summed E-state index contributed by atoms with van der Waals surface area (Å²) < 4.78 is 4.99. The first-order valence-corrected chi connectivity index (χ1v) is 6.01. The highest BCUT2D eigenvalue weighted by Gasteiger charge is 2.07. The Balaban J connectivity index is 2.21. The van der Waals surface area contributed by atoms with Gasteiger partial charge in [0.15, 0.2) is 0 Å². The standard InChI is InChI=1S/C11H10N4O3S/c1-18-9-6-10(14-11(12)13-9)19-8-4-2-7(3-5-8)15(16)17/h2-6H,1H3,(H2,12,13,14). The first-order valence-electron chi connectivity index (χ1n) is 5.19. The molecule has 98 valence electrons. The Hall–Kier alpha value is -2.35. The van der Waals surface area contributed by atoms with Gasteiger partial charge in [-0.15, -0.1) is 0 Å². The number of nitrogen functional groups attached to an aromatic ring is 1. The third kappa shape index (κ3) is 3.32. The van der Waals surface area contributed by atoms with Crippen molar-refractivity contribution in [3.63, 3.8) is 0 Å². The van der Waals surface area contributed by atoms with Gasteiger partial charge in [-0.25, -0.2) is 4.98 Å². The highest BCUT2D eigenvalue weighted by atomic mass is 32.2. The zero-order valence-electron chi connectivity index (χ0n) is 9.94. The van der Waals surface area contributed by atoms with Crippen molar-refractivity contribution in [3.05, 3.63) is 40.4 Å². The molecular weight excluding hydrogens is 268 g/mol. The van der Waals surface area contributed by atoms with Crippen LogP contribution in [0.2, 0.25) is 0 Å². The van der Waals surface area contributed by atoms with E-state index in [2.05, 4.69) is 9.97 Å². The summed E-state index contributed by atoms with van der Waals surface area (Å²) >= 11 is 1.32. The van der Waals surface area contributed by atoms with Crippen LogP contribution in [0.3, 0.4) is 0 Å². The average molecular weight is 278 g/mol. The Labute approximate surface area is 113 Å². The second-order valence-electron chi connectivity index (χ2n) is 3.46. The number of methoxy groups -OCH3 is 1.